The second kappa shape index (κ2) is 10.9. The highest BCUT2D eigenvalue weighted by Gasteiger charge is 2.14. The molecule has 0 amide bonds. The highest BCUT2D eigenvalue weighted by atomic mass is 15.2. The average molecular weight is 463 g/mol. The number of imidazole rings is 1. The highest BCUT2D eigenvalue weighted by Crippen LogP contribution is 2.24. The molecule has 6 heteroatoms. The molecule has 0 atom stereocenters. The van der Waals surface area contributed by atoms with Gasteiger partial charge in [-0.05, 0) is 47.5 Å². The number of nitrogens with one attached hydrogen (secondary N) is 2. The molecule has 1 fully saturated rings. The minimum Gasteiger partial charge on any atom is -0.369 e. The summed E-state index contributed by atoms with van der Waals surface area (Å²) >= 11 is 0. The van der Waals surface area contributed by atoms with Crippen molar-refractivity contribution in [2.45, 2.75) is 19.5 Å². The van der Waals surface area contributed by atoms with Crippen LogP contribution in [0.15, 0.2) is 85.1 Å². The Kier molecular flexibility index (Phi) is 7.07. The third-order valence-electron chi connectivity index (χ3n) is 6.41. The fraction of sp³-hybridized carbons (Fsp3) is 0.241. The fourth-order valence-electron chi connectivity index (χ4n) is 4.51. The van der Waals surface area contributed by atoms with Gasteiger partial charge < -0.3 is 20.1 Å². The monoisotopic (exact) mass is 462 g/mol. The summed E-state index contributed by atoms with van der Waals surface area (Å²) in [7, 11) is 0. The van der Waals surface area contributed by atoms with Gasteiger partial charge in [-0.15, -0.1) is 0 Å². The number of nitriles is 1. The maximum Gasteiger partial charge on any atom is 0.110 e. The van der Waals surface area contributed by atoms with Gasteiger partial charge in [-0.25, -0.2) is 4.98 Å². The molecule has 0 radical (unpaired) electrons. The van der Waals surface area contributed by atoms with E-state index in [4.69, 9.17) is 5.26 Å². The number of aromatic nitrogens is 2. The summed E-state index contributed by atoms with van der Waals surface area (Å²) in [6.07, 6.45) is 2.65. The van der Waals surface area contributed by atoms with Crippen LogP contribution in [0.2, 0.25) is 0 Å². The maximum absolute atomic E-state index is 9.01. The van der Waals surface area contributed by atoms with E-state index in [1.54, 1.807) is 0 Å². The Bertz CT molecular complexity index is 1250. The highest BCUT2D eigenvalue weighted by molar-refractivity contribution is 5.57. The van der Waals surface area contributed by atoms with Gasteiger partial charge in [0.1, 0.15) is 5.82 Å². The van der Waals surface area contributed by atoms with E-state index in [0.717, 1.165) is 56.4 Å². The normalized spacial score (nSPS) is 13.4. The van der Waals surface area contributed by atoms with Gasteiger partial charge in [0, 0.05) is 50.5 Å². The summed E-state index contributed by atoms with van der Waals surface area (Å²) in [4.78, 5) is 13.0. The first-order valence-electron chi connectivity index (χ1n) is 12.1. The molecule has 4 aromatic rings. The Labute approximate surface area is 206 Å². The van der Waals surface area contributed by atoms with Crippen LogP contribution in [0.4, 0.5) is 11.4 Å². The zero-order valence-corrected chi connectivity index (χ0v) is 19.8. The van der Waals surface area contributed by atoms with E-state index in [1.807, 2.05) is 30.5 Å². The van der Waals surface area contributed by atoms with Gasteiger partial charge in [-0.2, -0.15) is 5.26 Å². The summed E-state index contributed by atoms with van der Waals surface area (Å²) in [6.45, 7) is 5.71. The van der Waals surface area contributed by atoms with Crippen LogP contribution >= 0.6 is 0 Å². The van der Waals surface area contributed by atoms with E-state index >= 15 is 0 Å². The number of H-pyrrole nitrogens is 1. The third kappa shape index (κ3) is 5.89. The zero-order valence-electron chi connectivity index (χ0n) is 19.8. The van der Waals surface area contributed by atoms with Crippen molar-refractivity contribution in [1.82, 2.24) is 15.3 Å². The topological polar surface area (TPSA) is 71.0 Å². The van der Waals surface area contributed by atoms with Gasteiger partial charge in [-0.1, -0.05) is 42.5 Å². The Morgan fingerprint density at radius 3 is 2.31 bits per heavy atom. The molecular formula is C29H30N6. The molecule has 176 valence electrons. The van der Waals surface area contributed by atoms with Gasteiger partial charge in [0.25, 0.3) is 0 Å². The second-order valence-electron chi connectivity index (χ2n) is 8.94. The first-order valence-corrected chi connectivity index (χ1v) is 12.1. The first-order chi connectivity index (χ1) is 17.3. The zero-order chi connectivity index (χ0) is 23.9. The minimum atomic E-state index is 0.674. The minimum absolute atomic E-state index is 0.674. The standard InChI is InChI=1S/C29H30N6/c30-19-24-8-6-23(7-9-24)18-29-32-20-26(33-29)22-35(21-25-4-2-1-3-5-25)28-12-10-27(11-13-28)34-16-14-31-15-17-34/h1-13,20,31H,14-18,21-22H2,(H,32,33). The van der Waals surface area contributed by atoms with E-state index in [-0.39, 0.29) is 0 Å². The number of nitrogens with zero attached hydrogens (tertiary/aromatic N) is 4. The summed E-state index contributed by atoms with van der Waals surface area (Å²) in [6, 6.07) is 29.4. The van der Waals surface area contributed by atoms with Crippen molar-refractivity contribution in [3.8, 4) is 6.07 Å². The number of piperazine rings is 1. The number of benzene rings is 3. The molecular weight excluding hydrogens is 432 g/mol. The van der Waals surface area contributed by atoms with E-state index in [2.05, 4.69) is 85.8 Å². The molecule has 5 rings (SSSR count). The Hall–Kier alpha value is -4.08. The predicted molar refractivity (Wildman–Crippen MR) is 140 cm³/mol. The van der Waals surface area contributed by atoms with Crippen LogP contribution in [0.1, 0.15) is 28.2 Å². The largest absolute Gasteiger partial charge is 0.369 e. The van der Waals surface area contributed by atoms with Crippen LogP contribution in [0.3, 0.4) is 0 Å². The number of anilines is 2. The first kappa shape index (κ1) is 22.7. The van der Waals surface area contributed by atoms with Gasteiger partial charge in [0.05, 0.1) is 30.1 Å². The fourth-order valence-corrected chi connectivity index (χ4v) is 4.51. The molecule has 0 aliphatic carbocycles. The molecule has 1 aliphatic rings. The van der Waals surface area contributed by atoms with E-state index < -0.39 is 0 Å². The van der Waals surface area contributed by atoms with Crippen molar-refractivity contribution in [1.29, 1.82) is 5.26 Å². The van der Waals surface area contributed by atoms with Crippen LogP contribution in [0, 0.1) is 11.3 Å². The lowest BCUT2D eigenvalue weighted by Gasteiger charge is -2.30. The van der Waals surface area contributed by atoms with Gasteiger partial charge in [0.15, 0.2) is 0 Å². The molecule has 0 unspecified atom stereocenters. The van der Waals surface area contributed by atoms with Crippen LogP contribution in [0.25, 0.3) is 0 Å². The quantitative estimate of drug-likeness (QED) is 0.404. The lowest BCUT2D eigenvalue weighted by molar-refractivity contribution is 0.589. The van der Waals surface area contributed by atoms with Crippen LogP contribution in [-0.2, 0) is 19.5 Å². The van der Waals surface area contributed by atoms with Crippen molar-refractivity contribution in [2.24, 2.45) is 0 Å². The maximum atomic E-state index is 9.01. The van der Waals surface area contributed by atoms with E-state index in [1.165, 1.54) is 16.9 Å². The molecule has 0 spiro atoms. The lowest BCUT2D eigenvalue weighted by Crippen LogP contribution is -2.43. The third-order valence-corrected chi connectivity index (χ3v) is 6.41. The molecule has 0 bridgehead atoms. The summed E-state index contributed by atoms with van der Waals surface area (Å²) in [5.74, 6) is 0.929. The SMILES string of the molecule is N#Cc1ccc(Cc2ncc(CN(Cc3ccccc3)c3ccc(N4CCNCC4)cc3)[nH]2)cc1. The summed E-state index contributed by atoms with van der Waals surface area (Å²) in [5, 5.41) is 12.4. The molecule has 2 N–H and O–H groups in total. The Morgan fingerprint density at radius 1 is 0.857 bits per heavy atom. The molecule has 0 saturated carbocycles. The van der Waals surface area contributed by atoms with Crippen molar-refractivity contribution in [3.05, 3.63) is 113 Å². The summed E-state index contributed by atoms with van der Waals surface area (Å²) < 4.78 is 0. The molecule has 1 aromatic heterocycles. The van der Waals surface area contributed by atoms with Crippen LogP contribution in [-0.4, -0.2) is 36.1 Å². The predicted octanol–water partition coefficient (Wildman–Crippen LogP) is 4.49. The molecule has 1 aliphatic heterocycles. The molecule has 35 heavy (non-hydrogen) atoms. The van der Waals surface area contributed by atoms with Crippen LogP contribution in [0.5, 0.6) is 0 Å². The number of hydrogen-bond acceptors (Lipinski definition) is 5. The van der Waals surface area contributed by atoms with Crippen molar-refractivity contribution >= 4 is 11.4 Å². The average Bonchev–Trinajstić information content (AvgIpc) is 3.36. The van der Waals surface area contributed by atoms with Crippen LogP contribution < -0.4 is 15.1 Å². The smallest absolute Gasteiger partial charge is 0.110 e. The number of aromatic amines is 1. The Balaban J connectivity index is 1.32. The number of rotatable bonds is 8. The van der Waals surface area contributed by atoms with E-state index in [9.17, 15) is 0 Å². The van der Waals surface area contributed by atoms with Gasteiger partial charge in [0.2, 0.25) is 0 Å². The molecule has 1 saturated heterocycles. The van der Waals surface area contributed by atoms with Gasteiger partial charge >= 0.3 is 0 Å². The molecule has 3 aromatic carbocycles. The van der Waals surface area contributed by atoms with Crippen molar-refractivity contribution in [3.63, 3.8) is 0 Å². The molecule has 6 nitrogen and oxygen atoms in total. The Morgan fingerprint density at radius 2 is 1.60 bits per heavy atom. The lowest BCUT2D eigenvalue weighted by atomic mass is 10.1. The van der Waals surface area contributed by atoms with Crippen molar-refractivity contribution < 1.29 is 0 Å². The van der Waals surface area contributed by atoms with Gasteiger partial charge in [-0.3, -0.25) is 0 Å². The number of hydrogen-bond donors (Lipinski definition) is 2. The summed E-state index contributed by atoms with van der Waals surface area (Å²) in [5.41, 5.74) is 6.63. The molecule has 2 heterocycles. The van der Waals surface area contributed by atoms with E-state index in [0.29, 0.717) is 12.0 Å². The second-order valence-corrected chi connectivity index (χ2v) is 8.94. The van der Waals surface area contributed by atoms with Crippen molar-refractivity contribution in [2.75, 3.05) is 36.0 Å².